The zero-order valence-corrected chi connectivity index (χ0v) is 10.9. The van der Waals surface area contributed by atoms with Crippen molar-refractivity contribution in [3.8, 4) is 23.3 Å². The fourth-order valence-electron chi connectivity index (χ4n) is 1.66. The molecule has 0 aliphatic heterocycles. The molecule has 0 aliphatic rings. The molecule has 0 fully saturated rings. The number of nitrogens with zero attached hydrogens (tertiary/aromatic N) is 1. The molecule has 5 heteroatoms. The van der Waals surface area contributed by atoms with Gasteiger partial charge in [-0.2, -0.15) is 5.26 Å². The van der Waals surface area contributed by atoms with E-state index in [-0.39, 0.29) is 0 Å². The van der Waals surface area contributed by atoms with Gasteiger partial charge in [-0.05, 0) is 18.1 Å². The van der Waals surface area contributed by atoms with Crippen LogP contribution in [0.4, 0.5) is 0 Å². The summed E-state index contributed by atoms with van der Waals surface area (Å²) in [5.74, 6) is 2.07. The lowest BCUT2D eigenvalue weighted by Gasteiger charge is -2.14. The van der Waals surface area contributed by atoms with Crippen LogP contribution < -0.4 is 19.5 Å². The Balaban J connectivity index is 2.85. The lowest BCUT2D eigenvalue weighted by atomic mass is 10.1. The Bertz CT molecular complexity index is 427. The van der Waals surface area contributed by atoms with Gasteiger partial charge in [0, 0.05) is 12.6 Å². The maximum Gasteiger partial charge on any atom is 0.164 e. The minimum absolute atomic E-state index is 0.343. The quantitative estimate of drug-likeness (QED) is 0.585. The number of nitriles is 1. The zero-order chi connectivity index (χ0) is 13.4. The Morgan fingerprint density at radius 2 is 1.67 bits per heavy atom. The van der Waals surface area contributed by atoms with Crippen LogP contribution in [-0.4, -0.2) is 34.4 Å². The van der Waals surface area contributed by atoms with E-state index >= 15 is 0 Å². The Morgan fingerprint density at radius 1 is 1.06 bits per heavy atom. The fraction of sp³-hybridized carbons (Fsp3) is 0.462. The van der Waals surface area contributed by atoms with E-state index in [9.17, 15) is 0 Å². The highest BCUT2D eigenvalue weighted by molar-refractivity contribution is 5.50. The Hall–Kier alpha value is -1.93. The number of nitrogens with one attached hydrogen (secondary N) is 1. The molecule has 5 nitrogen and oxygen atoms in total. The molecule has 0 spiro atoms. The van der Waals surface area contributed by atoms with Gasteiger partial charge in [-0.25, -0.2) is 0 Å². The Kier molecular flexibility index (Phi) is 5.81. The van der Waals surface area contributed by atoms with Gasteiger partial charge in [0.2, 0.25) is 0 Å². The topological polar surface area (TPSA) is 63.5 Å². The summed E-state index contributed by atoms with van der Waals surface area (Å²) in [6, 6.07) is 5.73. The number of hydrogen-bond acceptors (Lipinski definition) is 5. The molecule has 1 aromatic carbocycles. The lowest BCUT2D eigenvalue weighted by Crippen LogP contribution is -2.17. The van der Waals surface area contributed by atoms with Gasteiger partial charge in [-0.15, -0.1) is 0 Å². The third-order valence-corrected chi connectivity index (χ3v) is 2.56. The van der Waals surface area contributed by atoms with E-state index in [1.165, 1.54) is 0 Å². The van der Waals surface area contributed by atoms with Gasteiger partial charge in [-0.3, -0.25) is 0 Å². The number of benzene rings is 1. The minimum Gasteiger partial charge on any atom is -0.496 e. The first-order valence-electron chi connectivity index (χ1n) is 5.63. The standard InChI is InChI=1S/C13H18N2O3/c1-16-11-9-13(18-3)12(17-2)8-10(11)4-6-15-7-5-14/h8-9,15H,4,6-7H2,1-3H3. The summed E-state index contributed by atoms with van der Waals surface area (Å²) in [4.78, 5) is 0. The van der Waals surface area contributed by atoms with Crippen LogP contribution in [0.15, 0.2) is 12.1 Å². The van der Waals surface area contributed by atoms with E-state index in [0.29, 0.717) is 24.6 Å². The smallest absolute Gasteiger partial charge is 0.164 e. The van der Waals surface area contributed by atoms with E-state index in [1.54, 1.807) is 27.4 Å². The molecule has 98 valence electrons. The molecule has 0 saturated carbocycles. The summed E-state index contributed by atoms with van der Waals surface area (Å²) < 4.78 is 15.8. The van der Waals surface area contributed by atoms with Crippen molar-refractivity contribution in [2.24, 2.45) is 0 Å². The van der Waals surface area contributed by atoms with Crippen molar-refractivity contribution in [3.05, 3.63) is 17.7 Å². The second-order valence-corrected chi connectivity index (χ2v) is 3.60. The average molecular weight is 250 g/mol. The first kappa shape index (κ1) is 14.1. The number of methoxy groups -OCH3 is 3. The summed E-state index contributed by atoms with van der Waals surface area (Å²) in [7, 11) is 4.81. The highest BCUT2D eigenvalue weighted by Crippen LogP contribution is 2.34. The van der Waals surface area contributed by atoms with Crippen molar-refractivity contribution in [2.75, 3.05) is 34.4 Å². The van der Waals surface area contributed by atoms with Crippen LogP contribution in [0.2, 0.25) is 0 Å². The van der Waals surface area contributed by atoms with Crippen molar-refractivity contribution in [1.82, 2.24) is 5.32 Å². The highest BCUT2D eigenvalue weighted by atomic mass is 16.5. The second-order valence-electron chi connectivity index (χ2n) is 3.60. The summed E-state index contributed by atoms with van der Waals surface area (Å²) in [6.45, 7) is 1.05. The fourth-order valence-corrected chi connectivity index (χ4v) is 1.66. The van der Waals surface area contributed by atoms with Crippen LogP contribution in [0.25, 0.3) is 0 Å². The van der Waals surface area contributed by atoms with Gasteiger partial charge in [0.1, 0.15) is 5.75 Å². The molecule has 0 heterocycles. The van der Waals surface area contributed by atoms with E-state index in [1.807, 2.05) is 12.1 Å². The van der Waals surface area contributed by atoms with Gasteiger partial charge in [-0.1, -0.05) is 0 Å². The van der Waals surface area contributed by atoms with Crippen molar-refractivity contribution >= 4 is 0 Å². The number of hydrogen-bond donors (Lipinski definition) is 1. The van der Waals surface area contributed by atoms with Gasteiger partial charge >= 0.3 is 0 Å². The van der Waals surface area contributed by atoms with Crippen LogP contribution in [-0.2, 0) is 6.42 Å². The normalized spacial score (nSPS) is 9.67. The predicted molar refractivity (Wildman–Crippen MR) is 68.3 cm³/mol. The molecule has 0 aliphatic carbocycles. The second kappa shape index (κ2) is 7.41. The summed E-state index contributed by atoms with van der Waals surface area (Å²) in [5, 5.41) is 11.5. The minimum atomic E-state index is 0.343. The van der Waals surface area contributed by atoms with Crippen LogP contribution in [0.1, 0.15) is 5.56 Å². The molecule has 0 saturated heterocycles. The molecule has 0 radical (unpaired) electrons. The van der Waals surface area contributed by atoms with Crippen molar-refractivity contribution < 1.29 is 14.2 Å². The van der Waals surface area contributed by atoms with Crippen molar-refractivity contribution in [1.29, 1.82) is 5.26 Å². The molecule has 1 rings (SSSR count). The zero-order valence-electron chi connectivity index (χ0n) is 10.9. The highest BCUT2D eigenvalue weighted by Gasteiger charge is 2.11. The molecule has 0 atom stereocenters. The number of ether oxygens (including phenoxy) is 3. The third-order valence-electron chi connectivity index (χ3n) is 2.56. The van der Waals surface area contributed by atoms with Crippen LogP contribution in [0.3, 0.4) is 0 Å². The van der Waals surface area contributed by atoms with E-state index in [0.717, 1.165) is 17.7 Å². The van der Waals surface area contributed by atoms with E-state index < -0.39 is 0 Å². The van der Waals surface area contributed by atoms with Crippen LogP contribution >= 0.6 is 0 Å². The monoisotopic (exact) mass is 250 g/mol. The Labute approximate surface area is 107 Å². The van der Waals surface area contributed by atoms with Gasteiger partial charge in [0.05, 0.1) is 33.9 Å². The van der Waals surface area contributed by atoms with Crippen molar-refractivity contribution in [3.63, 3.8) is 0 Å². The van der Waals surface area contributed by atoms with Crippen molar-refractivity contribution in [2.45, 2.75) is 6.42 Å². The number of rotatable bonds is 7. The van der Waals surface area contributed by atoms with E-state index in [2.05, 4.69) is 5.32 Å². The lowest BCUT2D eigenvalue weighted by molar-refractivity contribution is 0.347. The average Bonchev–Trinajstić information content (AvgIpc) is 2.42. The van der Waals surface area contributed by atoms with E-state index in [4.69, 9.17) is 19.5 Å². The van der Waals surface area contributed by atoms with Gasteiger partial charge < -0.3 is 19.5 Å². The first-order valence-corrected chi connectivity index (χ1v) is 5.63. The Morgan fingerprint density at radius 3 is 2.22 bits per heavy atom. The van der Waals surface area contributed by atoms with Gasteiger partial charge in [0.15, 0.2) is 11.5 Å². The molecular weight excluding hydrogens is 232 g/mol. The molecular formula is C13H18N2O3. The summed E-state index contributed by atoms with van der Waals surface area (Å²) in [6.07, 6.45) is 0.755. The van der Waals surface area contributed by atoms with Crippen LogP contribution in [0, 0.1) is 11.3 Å². The molecule has 1 aromatic rings. The van der Waals surface area contributed by atoms with Gasteiger partial charge in [0.25, 0.3) is 0 Å². The predicted octanol–water partition coefficient (Wildman–Crippen LogP) is 1.37. The third kappa shape index (κ3) is 3.54. The molecule has 0 amide bonds. The molecule has 0 bridgehead atoms. The largest absolute Gasteiger partial charge is 0.496 e. The molecule has 0 aromatic heterocycles. The molecule has 1 N–H and O–H groups in total. The molecule has 0 unspecified atom stereocenters. The first-order chi connectivity index (χ1) is 8.76. The molecule has 18 heavy (non-hydrogen) atoms. The maximum atomic E-state index is 8.44. The summed E-state index contributed by atoms with van der Waals surface area (Å²) >= 11 is 0. The maximum absolute atomic E-state index is 8.44. The van der Waals surface area contributed by atoms with Crippen LogP contribution in [0.5, 0.6) is 17.2 Å². The SMILES string of the molecule is COc1cc(OC)c(OC)cc1CCNCC#N. The summed E-state index contributed by atoms with van der Waals surface area (Å²) in [5.41, 5.74) is 1.01.